The number of carbonyl (C=O) groups is 1. The van der Waals surface area contributed by atoms with Gasteiger partial charge in [0.05, 0.1) is 0 Å². The Morgan fingerprint density at radius 2 is 1.88 bits per heavy atom. The molecule has 6 heteroatoms. The lowest BCUT2D eigenvalue weighted by molar-refractivity contribution is 0.123. The summed E-state index contributed by atoms with van der Waals surface area (Å²) < 4.78 is 13.0. The van der Waals surface area contributed by atoms with Crippen LogP contribution in [0.5, 0.6) is 0 Å². The van der Waals surface area contributed by atoms with Crippen molar-refractivity contribution in [2.24, 2.45) is 5.92 Å². The van der Waals surface area contributed by atoms with Crippen molar-refractivity contribution in [3.05, 3.63) is 35.6 Å². The Hall–Kier alpha value is -1.66. The van der Waals surface area contributed by atoms with Crippen LogP contribution in [0.25, 0.3) is 0 Å². The standard InChI is InChI=1S/C19H28FN3O2/c20-17-5-3-15(4-6-17)12-22-10-7-18(8-11-22)21-19(25)23-9-1-2-16(13-23)14-24/h3-6,16,18,24H,1-2,7-14H2,(H,21,25). The van der Waals surface area contributed by atoms with Gasteiger partial charge in [0.2, 0.25) is 0 Å². The Morgan fingerprint density at radius 1 is 1.16 bits per heavy atom. The van der Waals surface area contributed by atoms with Crippen LogP contribution in [0.3, 0.4) is 0 Å². The fourth-order valence-corrected chi connectivity index (χ4v) is 3.75. The number of likely N-dealkylation sites (tertiary alicyclic amines) is 2. The molecular weight excluding hydrogens is 321 g/mol. The molecule has 0 saturated carbocycles. The number of nitrogens with one attached hydrogen (secondary N) is 1. The Kier molecular flexibility index (Phi) is 6.26. The summed E-state index contributed by atoms with van der Waals surface area (Å²) in [7, 11) is 0. The number of urea groups is 1. The second kappa shape index (κ2) is 8.63. The van der Waals surface area contributed by atoms with Crippen molar-refractivity contribution in [1.82, 2.24) is 15.1 Å². The van der Waals surface area contributed by atoms with Gasteiger partial charge in [0.25, 0.3) is 0 Å². The summed E-state index contributed by atoms with van der Waals surface area (Å²) in [6.45, 7) is 4.29. The molecule has 1 aromatic rings. The van der Waals surface area contributed by atoms with E-state index in [2.05, 4.69) is 10.2 Å². The van der Waals surface area contributed by atoms with E-state index in [-0.39, 0.29) is 30.4 Å². The number of hydrogen-bond acceptors (Lipinski definition) is 3. The number of amides is 2. The second-order valence-corrected chi connectivity index (χ2v) is 7.26. The molecule has 0 spiro atoms. The highest BCUT2D eigenvalue weighted by molar-refractivity contribution is 5.74. The molecule has 0 aliphatic carbocycles. The minimum absolute atomic E-state index is 0.00938. The van der Waals surface area contributed by atoms with E-state index in [0.29, 0.717) is 6.54 Å². The molecule has 0 bridgehead atoms. The maximum absolute atomic E-state index is 13.0. The van der Waals surface area contributed by atoms with Crippen LogP contribution in [-0.2, 0) is 6.54 Å². The predicted molar refractivity (Wildman–Crippen MR) is 94.6 cm³/mol. The van der Waals surface area contributed by atoms with Crippen LogP contribution in [-0.4, -0.2) is 59.8 Å². The first kappa shape index (κ1) is 18.1. The van der Waals surface area contributed by atoms with Crippen LogP contribution in [0, 0.1) is 11.7 Å². The Labute approximate surface area is 148 Å². The highest BCUT2D eigenvalue weighted by atomic mass is 19.1. The van der Waals surface area contributed by atoms with Gasteiger partial charge in [-0.25, -0.2) is 9.18 Å². The number of hydrogen-bond donors (Lipinski definition) is 2. The lowest BCUT2D eigenvalue weighted by Gasteiger charge is -2.36. The van der Waals surface area contributed by atoms with E-state index in [1.165, 1.54) is 12.1 Å². The van der Waals surface area contributed by atoms with E-state index < -0.39 is 0 Å². The topological polar surface area (TPSA) is 55.8 Å². The Bertz CT molecular complexity index is 558. The van der Waals surface area contributed by atoms with Crippen molar-refractivity contribution >= 4 is 6.03 Å². The lowest BCUT2D eigenvalue weighted by Crippen LogP contribution is -2.51. The Balaban J connectivity index is 1.41. The molecule has 1 aromatic carbocycles. The molecular formula is C19H28FN3O2. The maximum atomic E-state index is 13.0. The highest BCUT2D eigenvalue weighted by Crippen LogP contribution is 2.18. The van der Waals surface area contributed by atoms with E-state index in [4.69, 9.17) is 0 Å². The molecule has 2 aliphatic heterocycles. The maximum Gasteiger partial charge on any atom is 0.317 e. The average Bonchev–Trinajstić information content (AvgIpc) is 2.65. The van der Waals surface area contributed by atoms with E-state index in [0.717, 1.165) is 57.4 Å². The molecule has 0 aromatic heterocycles. The largest absolute Gasteiger partial charge is 0.396 e. The second-order valence-electron chi connectivity index (χ2n) is 7.26. The first-order chi connectivity index (χ1) is 12.1. The van der Waals surface area contributed by atoms with E-state index in [1.807, 2.05) is 17.0 Å². The third-order valence-corrected chi connectivity index (χ3v) is 5.30. The lowest BCUT2D eigenvalue weighted by atomic mass is 9.99. The monoisotopic (exact) mass is 349 g/mol. The summed E-state index contributed by atoms with van der Waals surface area (Å²) >= 11 is 0. The summed E-state index contributed by atoms with van der Waals surface area (Å²) in [5.41, 5.74) is 1.12. The zero-order valence-corrected chi connectivity index (χ0v) is 14.7. The fourth-order valence-electron chi connectivity index (χ4n) is 3.75. The van der Waals surface area contributed by atoms with Crippen molar-refractivity contribution in [3.63, 3.8) is 0 Å². The zero-order chi connectivity index (χ0) is 17.6. The van der Waals surface area contributed by atoms with E-state index in [9.17, 15) is 14.3 Å². The number of piperidine rings is 2. The number of aliphatic hydroxyl groups excluding tert-OH is 1. The summed E-state index contributed by atoms with van der Waals surface area (Å²) in [4.78, 5) is 16.6. The number of rotatable bonds is 4. The average molecular weight is 349 g/mol. The van der Waals surface area contributed by atoms with Crippen molar-refractivity contribution in [2.75, 3.05) is 32.8 Å². The quantitative estimate of drug-likeness (QED) is 0.876. The van der Waals surface area contributed by atoms with Gasteiger partial charge in [-0.1, -0.05) is 12.1 Å². The van der Waals surface area contributed by atoms with Gasteiger partial charge in [0, 0.05) is 45.4 Å². The molecule has 2 fully saturated rings. The molecule has 1 atom stereocenters. The molecule has 138 valence electrons. The first-order valence-electron chi connectivity index (χ1n) is 9.27. The third-order valence-electron chi connectivity index (χ3n) is 5.30. The number of nitrogens with zero attached hydrogens (tertiary/aromatic N) is 2. The Morgan fingerprint density at radius 3 is 2.56 bits per heavy atom. The molecule has 2 saturated heterocycles. The molecule has 1 unspecified atom stereocenters. The van der Waals surface area contributed by atoms with Crippen LogP contribution in [0.1, 0.15) is 31.2 Å². The summed E-state index contributed by atoms with van der Waals surface area (Å²) in [5, 5.41) is 12.4. The third kappa shape index (κ3) is 5.16. The number of benzene rings is 1. The number of carbonyl (C=O) groups excluding carboxylic acids is 1. The minimum atomic E-state index is -0.202. The number of aliphatic hydroxyl groups is 1. The van der Waals surface area contributed by atoms with Gasteiger partial charge in [-0.05, 0) is 49.3 Å². The summed E-state index contributed by atoms with van der Waals surface area (Å²) in [6.07, 6.45) is 3.84. The highest BCUT2D eigenvalue weighted by Gasteiger charge is 2.26. The first-order valence-corrected chi connectivity index (χ1v) is 9.27. The van der Waals surface area contributed by atoms with Gasteiger partial charge in [-0.3, -0.25) is 4.90 Å². The van der Waals surface area contributed by atoms with Gasteiger partial charge >= 0.3 is 6.03 Å². The molecule has 5 nitrogen and oxygen atoms in total. The van der Waals surface area contributed by atoms with Crippen molar-refractivity contribution < 1.29 is 14.3 Å². The van der Waals surface area contributed by atoms with Crippen molar-refractivity contribution in [3.8, 4) is 0 Å². The number of halogens is 1. The molecule has 25 heavy (non-hydrogen) atoms. The van der Waals surface area contributed by atoms with Gasteiger partial charge in [0.1, 0.15) is 5.82 Å². The normalized spacial score (nSPS) is 22.8. The van der Waals surface area contributed by atoms with Crippen LogP contribution in [0.2, 0.25) is 0 Å². The fraction of sp³-hybridized carbons (Fsp3) is 0.632. The van der Waals surface area contributed by atoms with Crippen LogP contribution in [0.15, 0.2) is 24.3 Å². The van der Waals surface area contributed by atoms with Crippen molar-refractivity contribution in [2.45, 2.75) is 38.3 Å². The zero-order valence-electron chi connectivity index (χ0n) is 14.7. The minimum Gasteiger partial charge on any atom is -0.396 e. The smallest absolute Gasteiger partial charge is 0.317 e. The van der Waals surface area contributed by atoms with Gasteiger partial charge in [0.15, 0.2) is 0 Å². The predicted octanol–water partition coefficient (Wildman–Crippen LogP) is 2.20. The van der Waals surface area contributed by atoms with Gasteiger partial charge < -0.3 is 15.3 Å². The molecule has 0 radical (unpaired) electrons. The van der Waals surface area contributed by atoms with Crippen LogP contribution < -0.4 is 5.32 Å². The van der Waals surface area contributed by atoms with Gasteiger partial charge in [-0.2, -0.15) is 0 Å². The van der Waals surface area contributed by atoms with E-state index in [1.54, 1.807) is 0 Å². The van der Waals surface area contributed by atoms with Crippen LogP contribution >= 0.6 is 0 Å². The molecule has 2 aliphatic rings. The summed E-state index contributed by atoms with van der Waals surface area (Å²) in [5.74, 6) is 0.0170. The van der Waals surface area contributed by atoms with Gasteiger partial charge in [-0.15, -0.1) is 0 Å². The summed E-state index contributed by atoms with van der Waals surface area (Å²) in [6, 6.07) is 6.89. The molecule has 2 N–H and O–H groups in total. The van der Waals surface area contributed by atoms with Crippen LogP contribution in [0.4, 0.5) is 9.18 Å². The molecule has 2 heterocycles. The molecule has 2 amide bonds. The SMILES string of the molecule is O=C(NC1CCN(Cc2ccc(F)cc2)CC1)N1CCCC(CO)C1. The van der Waals surface area contributed by atoms with E-state index >= 15 is 0 Å². The van der Waals surface area contributed by atoms with Crippen molar-refractivity contribution in [1.29, 1.82) is 0 Å². The molecule has 3 rings (SSSR count).